The maximum Gasteiger partial charge on any atom is 0.307 e. The van der Waals surface area contributed by atoms with Gasteiger partial charge in [0.05, 0.1) is 6.42 Å². The first-order chi connectivity index (χ1) is 15.1. The molecule has 2 N–H and O–H groups in total. The fourth-order valence-corrected chi connectivity index (χ4v) is 4.12. The number of carboxylic acid groups (broad SMARTS) is 1. The molecule has 0 radical (unpaired) electrons. The number of H-pyrrole nitrogens is 1. The van der Waals surface area contributed by atoms with Crippen molar-refractivity contribution in [3.8, 4) is 11.4 Å². The zero-order chi connectivity index (χ0) is 21.6. The van der Waals surface area contributed by atoms with Crippen LogP contribution in [0.2, 0.25) is 0 Å². The van der Waals surface area contributed by atoms with E-state index in [-0.39, 0.29) is 6.42 Å². The summed E-state index contributed by atoms with van der Waals surface area (Å²) in [6.07, 6.45) is 7.23. The van der Waals surface area contributed by atoms with Gasteiger partial charge in [0.15, 0.2) is 5.82 Å². The highest BCUT2D eigenvalue weighted by atomic mass is 16.4. The first-order valence-corrected chi connectivity index (χ1v) is 11.1. The lowest BCUT2D eigenvalue weighted by atomic mass is 9.89. The maximum atomic E-state index is 10.8. The molecule has 0 aliphatic carbocycles. The van der Waals surface area contributed by atoms with Crippen LogP contribution in [-0.4, -0.2) is 44.3 Å². The van der Waals surface area contributed by atoms with Crippen molar-refractivity contribution in [2.45, 2.75) is 51.4 Å². The van der Waals surface area contributed by atoms with E-state index in [4.69, 9.17) is 5.11 Å². The SMILES string of the molecule is CCCCc1nnc(-c2ccc(N3CCC(c4ccc(CC(=O)O)cc4)CC3)nc2)[nH]1. The molecule has 1 saturated heterocycles. The van der Waals surface area contributed by atoms with E-state index in [2.05, 4.69) is 56.3 Å². The number of nitrogens with zero attached hydrogens (tertiary/aromatic N) is 4. The summed E-state index contributed by atoms with van der Waals surface area (Å²) in [7, 11) is 0. The summed E-state index contributed by atoms with van der Waals surface area (Å²) in [5, 5.41) is 17.4. The first kappa shape index (κ1) is 21.0. The molecular weight excluding hydrogens is 390 g/mol. The van der Waals surface area contributed by atoms with E-state index in [1.54, 1.807) is 0 Å². The molecule has 0 amide bonds. The van der Waals surface area contributed by atoms with Gasteiger partial charge in [-0.2, -0.15) is 0 Å². The fraction of sp³-hybridized carbons (Fsp3) is 0.417. The Balaban J connectivity index is 1.33. The second kappa shape index (κ2) is 9.73. The van der Waals surface area contributed by atoms with Crippen molar-refractivity contribution in [1.29, 1.82) is 0 Å². The van der Waals surface area contributed by atoms with Crippen LogP contribution < -0.4 is 4.90 Å². The van der Waals surface area contributed by atoms with Gasteiger partial charge in [0.2, 0.25) is 0 Å². The van der Waals surface area contributed by atoms with Gasteiger partial charge in [0.25, 0.3) is 0 Å². The van der Waals surface area contributed by atoms with Crippen LogP contribution in [-0.2, 0) is 17.6 Å². The quantitative estimate of drug-likeness (QED) is 0.568. The number of rotatable bonds is 8. The van der Waals surface area contributed by atoms with Gasteiger partial charge in [-0.3, -0.25) is 4.79 Å². The third-order valence-corrected chi connectivity index (χ3v) is 5.95. The molecule has 7 nitrogen and oxygen atoms in total. The van der Waals surface area contributed by atoms with Crippen LogP contribution in [0.15, 0.2) is 42.6 Å². The van der Waals surface area contributed by atoms with Crippen LogP contribution in [0.3, 0.4) is 0 Å². The molecule has 1 aliphatic heterocycles. The smallest absolute Gasteiger partial charge is 0.307 e. The summed E-state index contributed by atoms with van der Waals surface area (Å²) in [4.78, 5) is 21.1. The summed E-state index contributed by atoms with van der Waals surface area (Å²) in [5.74, 6) is 2.41. The largest absolute Gasteiger partial charge is 0.481 e. The van der Waals surface area contributed by atoms with Gasteiger partial charge < -0.3 is 15.0 Å². The molecule has 3 heterocycles. The molecule has 0 saturated carbocycles. The van der Waals surface area contributed by atoms with E-state index in [0.717, 1.165) is 73.8 Å². The number of benzene rings is 1. The van der Waals surface area contributed by atoms with E-state index in [0.29, 0.717) is 5.92 Å². The van der Waals surface area contributed by atoms with E-state index < -0.39 is 5.97 Å². The minimum absolute atomic E-state index is 0.0779. The molecule has 31 heavy (non-hydrogen) atoms. The molecule has 4 rings (SSSR count). The third-order valence-electron chi connectivity index (χ3n) is 5.95. The number of aliphatic carboxylic acids is 1. The van der Waals surface area contributed by atoms with Gasteiger partial charge in [0, 0.05) is 31.3 Å². The van der Waals surface area contributed by atoms with Crippen LogP contribution in [0.1, 0.15) is 55.5 Å². The number of piperidine rings is 1. The predicted molar refractivity (Wildman–Crippen MR) is 120 cm³/mol. The number of anilines is 1. The highest BCUT2D eigenvalue weighted by Gasteiger charge is 2.21. The Hall–Kier alpha value is -3.22. The van der Waals surface area contributed by atoms with Gasteiger partial charge in [-0.15, -0.1) is 10.2 Å². The molecular formula is C24H29N5O2. The first-order valence-electron chi connectivity index (χ1n) is 11.1. The molecule has 1 aliphatic rings. The molecule has 0 bridgehead atoms. The maximum absolute atomic E-state index is 10.8. The number of unbranched alkanes of at least 4 members (excludes halogenated alkanes) is 1. The van der Waals surface area contributed by atoms with E-state index in [9.17, 15) is 4.79 Å². The average Bonchev–Trinajstić information content (AvgIpc) is 3.27. The lowest BCUT2D eigenvalue weighted by Gasteiger charge is -2.33. The minimum Gasteiger partial charge on any atom is -0.481 e. The number of hydrogen-bond acceptors (Lipinski definition) is 5. The Morgan fingerprint density at radius 2 is 1.90 bits per heavy atom. The predicted octanol–water partition coefficient (Wildman–Crippen LogP) is 4.22. The molecule has 7 heteroatoms. The van der Waals surface area contributed by atoms with Gasteiger partial charge in [-0.05, 0) is 48.4 Å². The standard InChI is InChI=1S/C24H29N5O2/c1-2-3-4-21-26-24(28-27-21)20-9-10-22(25-16-20)29-13-11-19(12-14-29)18-7-5-17(6-8-18)15-23(30)31/h5-10,16,19H,2-4,11-15H2,1H3,(H,30,31)(H,26,27,28). The third kappa shape index (κ3) is 5.29. The zero-order valence-corrected chi connectivity index (χ0v) is 17.9. The monoisotopic (exact) mass is 419 g/mol. The van der Waals surface area contributed by atoms with Crippen LogP contribution in [0.4, 0.5) is 5.82 Å². The fourth-order valence-electron chi connectivity index (χ4n) is 4.12. The molecule has 162 valence electrons. The minimum atomic E-state index is -0.792. The van der Waals surface area contributed by atoms with Crippen molar-refractivity contribution in [2.75, 3.05) is 18.0 Å². The number of pyridine rings is 1. The summed E-state index contributed by atoms with van der Waals surface area (Å²) in [5.41, 5.74) is 3.10. The second-order valence-electron chi connectivity index (χ2n) is 8.20. The van der Waals surface area contributed by atoms with Crippen LogP contribution in [0.25, 0.3) is 11.4 Å². The lowest BCUT2D eigenvalue weighted by molar-refractivity contribution is -0.136. The van der Waals surface area contributed by atoms with Crippen molar-refractivity contribution in [3.05, 3.63) is 59.5 Å². The normalized spacial score (nSPS) is 14.7. The number of hydrogen-bond donors (Lipinski definition) is 2. The van der Waals surface area contributed by atoms with Gasteiger partial charge in [0.1, 0.15) is 11.6 Å². The molecule has 0 spiro atoms. The molecule has 1 aromatic carbocycles. The van der Waals surface area contributed by atoms with Crippen molar-refractivity contribution in [2.24, 2.45) is 0 Å². The Bertz CT molecular complexity index is 990. The topological polar surface area (TPSA) is 95.0 Å². The number of nitrogens with one attached hydrogen (secondary N) is 1. The van der Waals surface area contributed by atoms with Crippen molar-refractivity contribution < 1.29 is 9.90 Å². The molecule has 1 fully saturated rings. The van der Waals surface area contributed by atoms with Gasteiger partial charge in [-0.1, -0.05) is 37.6 Å². The molecule has 2 aromatic heterocycles. The van der Waals surface area contributed by atoms with Gasteiger partial charge >= 0.3 is 5.97 Å². The Morgan fingerprint density at radius 1 is 1.13 bits per heavy atom. The van der Waals surface area contributed by atoms with Gasteiger partial charge in [-0.25, -0.2) is 4.98 Å². The average molecular weight is 420 g/mol. The Labute approximate surface area is 182 Å². The molecule has 0 atom stereocenters. The summed E-state index contributed by atoms with van der Waals surface area (Å²) in [6, 6.07) is 12.2. The highest BCUT2D eigenvalue weighted by molar-refractivity contribution is 5.70. The number of aromatic nitrogens is 4. The van der Waals surface area contributed by atoms with Crippen molar-refractivity contribution in [3.63, 3.8) is 0 Å². The highest BCUT2D eigenvalue weighted by Crippen LogP contribution is 2.30. The molecule has 3 aromatic rings. The number of aryl methyl sites for hydroxylation is 1. The number of carbonyl (C=O) groups is 1. The van der Waals surface area contributed by atoms with Crippen LogP contribution in [0.5, 0.6) is 0 Å². The van der Waals surface area contributed by atoms with E-state index >= 15 is 0 Å². The summed E-state index contributed by atoms with van der Waals surface area (Å²) >= 11 is 0. The Morgan fingerprint density at radius 3 is 2.55 bits per heavy atom. The van der Waals surface area contributed by atoms with E-state index in [1.165, 1.54) is 5.56 Å². The van der Waals surface area contributed by atoms with Crippen LogP contribution in [0, 0.1) is 0 Å². The lowest BCUT2D eigenvalue weighted by Crippen LogP contribution is -2.33. The van der Waals surface area contributed by atoms with E-state index in [1.807, 2.05) is 18.3 Å². The summed E-state index contributed by atoms with van der Waals surface area (Å²) in [6.45, 7) is 4.08. The van der Waals surface area contributed by atoms with Crippen molar-refractivity contribution in [1.82, 2.24) is 20.2 Å². The van der Waals surface area contributed by atoms with Crippen LogP contribution >= 0.6 is 0 Å². The Kier molecular flexibility index (Phi) is 6.60. The molecule has 0 unspecified atom stereocenters. The number of aromatic amines is 1. The zero-order valence-electron chi connectivity index (χ0n) is 17.9. The number of carboxylic acids is 1. The second-order valence-corrected chi connectivity index (χ2v) is 8.20. The van der Waals surface area contributed by atoms with Crippen molar-refractivity contribution >= 4 is 11.8 Å². The summed E-state index contributed by atoms with van der Waals surface area (Å²) < 4.78 is 0.